The summed E-state index contributed by atoms with van der Waals surface area (Å²) in [4.78, 5) is 3.29. The second kappa shape index (κ2) is 4.06. The fraction of sp³-hybridized carbons (Fsp3) is 0.250. The van der Waals surface area contributed by atoms with E-state index in [1.165, 1.54) is 0 Å². The molecule has 0 saturated carbocycles. The van der Waals surface area contributed by atoms with E-state index in [-0.39, 0.29) is 11.8 Å². The summed E-state index contributed by atoms with van der Waals surface area (Å²) in [6.45, 7) is 1.96. The van der Waals surface area contributed by atoms with E-state index in [4.69, 9.17) is 16.6 Å². The topological polar surface area (TPSA) is 76.7 Å². The first-order valence-corrected chi connectivity index (χ1v) is 5.99. The molecule has 0 saturated heterocycles. The molecule has 0 spiro atoms. The van der Waals surface area contributed by atoms with E-state index in [0.29, 0.717) is 16.8 Å². The Balaban J connectivity index is 2.11. The zero-order chi connectivity index (χ0) is 12.7. The highest BCUT2D eigenvalue weighted by Gasteiger charge is 2.17. The predicted molar refractivity (Wildman–Crippen MR) is 69.2 cm³/mol. The van der Waals surface area contributed by atoms with Crippen LogP contribution in [0.3, 0.4) is 0 Å². The van der Waals surface area contributed by atoms with Crippen LogP contribution in [0.15, 0.2) is 32.8 Å². The van der Waals surface area contributed by atoms with Crippen LogP contribution in [0.5, 0.6) is 0 Å². The smallest absolute Gasteiger partial charge is 0.266 e. The van der Waals surface area contributed by atoms with Crippen molar-refractivity contribution in [2.45, 2.75) is 13.3 Å². The van der Waals surface area contributed by atoms with Crippen molar-refractivity contribution in [2.24, 2.45) is 16.1 Å². The minimum Gasteiger partial charge on any atom is -0.860 e. The number of benzene rings is 1. The highest BCUT2D eigenvalue weighted by atomic mass is 32.1. The third-order valence-electron chi connectivity index (χ3n) is 2.93. The van der Waals surface area contributed by atoms with Crippen LogP contribution in [0.1, 0.15) is 18.9 Å². The van der Waals surface area contributed by atoms with Gasteiger partial charge in [-0.1, -0.05) is 13.0 Å². The van der Waals surface area contributed by atoms with Crippen molar-refractivity contribution in [3.63, 3.8) is 0 Å². The zero-order valence-electron chi connectivity index (χ0n) is 9.64. The number of hydrogen-bond donors (Lipinski definition) is 1. The van der Waals surface area contributed by atoms with Crippen molar-refractivity contribution < 1.29 is 9.52 Å². The lowest BCUT2D eigenvalue weighted by molar-refractivity contribution is -0.219. The van der Waals surface area contributed by atoms with Crippen LogP contribution in [0, 0.1) is 10.8 Å². The highest BCUT2D eigenvalue weighted by molar-refractivity contribution is 7.71. The van der Waals surface area contributed by atoms with Crippen LogP contribution in [0.2, 0.25) is 0 Å². The first-order valence-electron chi connectivity index (χ1n) is 5.58. The minimum absolute atomic E-state index is 0.0642. The molecule has 0 fully saturated rings. The van der Waals surface area contributed by atoms with Gasteiger partial charge >= 0.3 is 0 Å². The van der Waals surface area contributed by atoms with E-state index in [9.17, 15) is 5.11 Å². The molecule has 0 amide bonds. The Kier molecular flexibility index (Phi) is 2.52. The molecule has 1 atom stereocenters. The van der Waals surface area contributed by atoms with Crippen molar-refractivity contribution in [1.29, 1.82) is 0 Å². The van der Waals surface area contributed by atoms with E-state index in [1.54, 1.807) is 0 Å². The van der Waals surface area contributed by atoms with E-state index < -0.39 is 0 Å². The van der Waals surface area contributed by atoms with E-state index in [2.05, 4.69) is 15.2 Å². The molecule has 6 heteroatoms. The van der Waals surface area contributed by atoms with Crippen LogP contribution in [-0.2, 0) is 0 Å². The molecule has 1 aromatic carbocycles. The highest BCUT2D eigenvalue weighted by Crippen LogP contribution is 2.21. The van der Waals surface area contributed by atoms with Crippen LogP contribution >= 0.6 is 12.2 Å². The number of fused-ring (bicyclic) bond motifs is 1. The average Bonchev–Trinajstić information content (AvgIpc) is 2.68. The quantitative estimate of drug-likeness (QED) is 0.796. The van der Waals surface area contributed by atoms with Gasteiger partial charge in [0.05, 0.1) is 11.2 Å². The molecule has 1 aliphatic heterocycles. The number of rotatable bonds is 1. The van der Waals surface area contributed by atoms with Crippen molar-refractivity contribution in [1.82, 2.24) is 4.98 Å². The van der Waals surface area contributed by atoms with Gasteiger partial charge < -0.3 is 14.5 Å². The Morgan fingerprint density at radius 3 is 3.06 bits per heavy atom. The lowest BCUT2D eigenvalue weighted by Gasteiger charge is -2.21. The summed E-state index contributed by atoms with van der Waals surface area (Å²) in [5.41, 5.74) is 3.24. The Morgan fingerprint density at radius 2 is 2.28 bits per heavy atom. The number of aromatic amines is 1. The molecule has 1 aromatic heterocycles. The molecular formula is C12H10N3O2S-. The first kappa shape index (κ1) is 11.2. The van der Waals surface area contributed by atoms with E-state index in [0.717, 1.165) is 16.8 Å². The Hall–Kier alpha value is -1.95. The lowest BCUT2D eigenvalue weighted by Crippen LogP contribution is -2.27. The maximum atomic E-state index is 11.2. The van der Waals surface area contributed by atoms with Crippen molar-refractivity contribution >= 4 is 34.9 Å². The van der Waals surface area contributed by atoms with Gasteiger partial charge in [0, 0.05) is 11.5 Å². The molecule has 0 radical (unpaired) electrons. The normalized spacial score (nSPS) is 19.7. The van der Waals surface area contributed by atoms with Crippen LogP contribution < -0.4 is 5.11 Å². The molecule has 0 bridgehead atoms. The third-order valence-corrected chi connectivity index (χ3v) is 3.12. The van der Waals surface area contributed by atoms with Crippen LogP contribution in [0.25, 0.3) is 11.1 Å². The number of H-pyrrole nitrogens is 1. The maximum Gasteiger partial charge on any atom is 0.266 e. The van der Waals surface area contributed by atoms with Gasteiger partial charge in [0.15, 0.2) is 5.58 Å². The summed E-state index contributed by atoms with van der Waals surface area (Å²) in [5, 5.41) is 18.8. The maximum absolute atomic E-state index is 11.2. The van der Waals surface area contributed by atoms with Gasteiger partial charge in [-0.15, -0.1) is 0 Å². The summed E-state index contributed by atoms with van der Waals surface area (Å²) in [5.74, 6) is -0.110. The lowest BCUT2D eigenvalue weighted by atomic mass is 9.94. The number of hydrogen-bond acceptors (Lipinski definition) is 5. The van der Waals surface area contributed by atoms with E-state index >= 15 is 0 Å². The molecule has 92 valence electrons. The van der Waals surface area contributed by atoms with Crippen molar-refractivity contribution in [2.75, 3.05) is 0 Å². The van der Waals surface area contributed by atoms with Crippen LogP contribution in [-0.4, -0.2) is 16.6 Å². The first-order chi connectivity index (χ1) is 8.63. The summed E-state index contributed by atoms with van der Waals surface area (Å²) in [6.07, 6.45) is 0.396. The number of oxazole rings is 1. The largest absolute Gasteiger partial charge is 0.860 e. The van der Waals surface area contributed by atoms with Gasteiger partial charge in [0.25, 0.3) is 4.84 Å². The monoisotopic (exact) mass is 260 g/mol. The molecular weight excluding hydrogens is 250 g/mol. The van der Waals surface area contributed by atoms with Gasteiger partial charge in [0.2, 0.25) is 0 Å². The number of nitrogens with zero attached hydrogens (tertiary/aromatic N) is 2. The summed E-state index contributed by atoms with van der Waals surface area (Å²) < 4.78 is 5.36. The summed E-state index contributed by atoms with van der Waals surface area (Å²) in [7, 11) is 0. The second-order valence-corrected chi connectivity index (χ2v) is 4.68. The number of aromatic nitrogens is 1. The fourth-order valence-corrected chi connectivity index (χ4v) is 2.25. The molecule has 1 aliphatic rings. The number of nitrogens with one attached hydrogen (secondary N) is 1. The Morgan fingerprint density at radius 1 is 1.44 bits per heavy atom. The van der Waals surface area contributed by atoms with Crippen molar-refractivity contribution in [3.05, 3.63) is 28.6 Å². The molecule has 2 aromatic rings. The molecule has 5 nitrogen and oxygen atoms in total. The molecule has 3 rings (SSSR count). The second-order valence-electron chi connectivity index (χ2n) is 4.31. The SMILES string of the molecule is CC1CC([O-])=NN=C1c1ccc2[nH]c(=S)oc2c1. The molecule has 18 heavy (non-hydrogen) atoms. The Labute approximate surface area is 108 Å². The standard InChI is InChI=1S/C12H11N3O2S/c1-6-4-10(16)14-15-11(6)7-2-3-8-9(5-7)17-12(18)13-8/h2-3,5-6H,4H2,1H3,(H,13,18)(H,14,16)/p-1. The molecule has 1 N–H and O–H groups in total. The van der Waals surface area contributed by atoms with Gasteiger partial charge in [-0.25, -0.2) is 0 Å². The third kappa shape index (κ3) is 1.84. The van der Waals surface area contributed by atoms with Crippen molar-refractivity contribution in [3.8, 4) is 0 Å². The average molecular weight is 260 g/mol. The predicted octanol–water partition coefficient (Wildman–Crippen LogP) is 1.99. The van der Waals surface area contributed by atoms with E-state index in [1.807, 2.05) is 25.1 Å². The molecule has 1 unspecified atom stereocenters. The van der Waals surface area contributed by atoms with Gasteiger partial charge in [-0.3, -0.25) is 0 Å². The minimum atomic E-state index is -0.175. The van der Waals surface area contributed by atoms with Gasteiger partial charge in [-0.05, 0) is 36.7 Å². The Bertz CT molecular complexity index is 726. The summed E-state index contributed by atoms with van der Waals surface area (Å²) >= 11 is 4.94. The molecule has 2 heterocycles. The zero-order valence-corrected chi connectivity index (χ0v) is 10.5. The molecule has 0 aliphatic carbocycles. The van der Waals surface area contributed by atoms with Gasteiger partial charge in [-0.2, -0.15) is 10.2 Å². The van der Waals surface area contributed by atoms with Crippen LogP contribution in [0.4, 0.5) is 0 Å². The van der Waals surface area contributed by atoms with Gasteiger partial charge in [0.1, 0.15) is 0 Å². The summed E-state index contributed by atoms with van der Waals surface area (Å²) in [6, 6.07) is 5.67. The fourth-order valence-electron chi connectivity index (χ4n) is 2.05.